The molecule has 0 saturated carbocycles. The lowest BCUT2D eigenvalue weighted by atomic mass is 10.2. The van der Waals surface area contributed by atoms with E-state index >= 15 is 0 Å². The first-order valence-corrected chi connectivity index (χ1v) is 7.79. The highest BCUT2D eigenvalue weighted by Gasteiger charge is 2.20. The maximum atomic E-state index is 13.1. The molecule has 0 bridgehead atoms. The van der Waals surface area contributed by atoms with Crippen LogP contribution in [0.3, 0.4) is 0 Å². The maximum absolute atomic E-state index is 13.1. The average Bonchev–Trinajstić information content (AvgIpc) is 3.11. The van der Waals surface area contributed by atoms with Gasteiger partial charge in [0, 0.05) is 6.20 Å². The van der Waals surface area contributed by atoms with E-state index in [9.17, 15) is 14.0 Å². The largest absolute Gasteiger partial charge is 0.368 e. The van der Waals surface area contributed by atoms with Crippen molar-refractivity contribution in [1.29, 1.82) is 0 Å². The van der Waals surface area contributed by atoms with Gasteiger partial charge in [0.15, 0.2) is 0 Å². The Labute approximate surface area is 148 Å². The summed E-state index contributed by atoms with van der Waals surface area (Å²) < 4.78 is 16.0. The van der Waals surface area contributed by atoms with E-state index in [0.29, 0.717) is 28.3 Å². The molecule has 0 spiro atoms. The van der Waals surface area contributed by atoms with E-state index in [1.165, 1.54) is 29.2 Å². The SMILES string of the molecule is Cc1nn(-c2ccc(F)cc2)c(C)c1C(=O)Nc1cnn(CC(N)=O)c1. The van der Waals surface area contributed by atoms with E-state index in [4.69, 9.17) is 5.73 Å². The van der Waals surface area contributed by atoms with Gasteiger partial charge in [0.25, 0.3) is 5.91 Å². The number of rotatable bonds is 5. The highest BCUT2D eigenvalue weighted by molar-refractivity contribution is 6.05. The minimum Gasteiger partial charge on any atom is -0.368 e. The standard InChI is InChI=1S/C17H17FN6O2/c1-10-16(11(2)24(22-10)14-5-3-12(18)4-6-14)17(26)21-13-7-20-23(8-13)9-15(19)25/h3-8H,9H2,1-2H3,(H2,19,25)(H,21,26). The first-order valence-electron chi connectivity index (χ1n) is 7.79. The van der Waals surface area contributed by atoms with Gasteiger partial charge in [-0.15, -0.1) is 0 Å². The quantitative estimate of drug-likeness (QED) is 0.723. The van der Waals surface area contributed by atoms with E-state index < -0.39 is 5.91 Å². The van der Waals surface area contributed by atoms with Gasteiger partial charge in [0.1, 0.15) is 12.4 Å². The summed E-state index contributed by atoms with van der Waals surface area (Å²) in [7, 11) is 0. The van der Waals surface area contributed by atoms with Crippen LogP contribution in [0.1, 0.15) is 21.7 Å². The molecule has 0 saturated heterocycles. The van der Waals surface area contributed by atoms with Crippen molar-refractivity contribution in [2.75, 3.05) is 5.32 Å². The molecule has 2 aromatic heterocycles. The van der Waals surface area contributed by atoms with Gasteiger partial charge in [-0.3, -0.25) is 14.3 Å². The molecule has 3 aromatic rings. The first kappa shape index (κ1) is 17.3. The van der Waals surface area contributed by atoms with Crippen LogP contribution in [0.4, 0.5) is 10.1 Å². The summed E-state index contributed by atoms with van der Waals surface area (Å²) in [5, 5.41) is 11.0. The van der Waals surface area contributed by atoms with E-state index in [1.54, 1.807) is 30.7 Å². The molecule has 3 rings (SSSR count). The number of primary amides is 1. The first-order chi connectivity index (χ1) is 12.3. The summed E-state index contributed by atoms with van der Waals surface area (Å²) in [5.41, 5.74) is 7.77. The van der Waals surface area contributed by atoms with Crippen LogP contribution in [-0.2, 0) is 11.3 Å². The number of benzene rings is 1. The molecule has 2 amide bonds. The van der Waals surface area contributed by atoms with Crippen molar-refractivity contribution in [3.8, 4) is 5.69 Å². The molecule has 134 valence electrons. The van der Waals surface area contributed by atoms with E-state index in [0.717, 1.165) is 0 Å². The lowest BCUT2D eigenvalue weighted by Gasteiger charge is -2.06. The number of nitrogens with two attached hydrogens (primary N) is 1. The second kappa shape index (κ2) is 6.79. The van der Waals surface area contributed by atoms with E-state index in [2.05, 4.69) is 15.5 Å². The number of anilines is 1. The molecular weight excluding hydrogens is 339 g/mol. The van der Waals surface area contributed by atoms with Gasteiger partial charge in [-0.05, 0) is 38.1 Å². The van der Waals surface area contributed by atoms with Crippen LogP contribution in [0.15, 0.2) is 36.7 Å². The minimum absolute atomic E-state index is 0.0730. The number of nitrogens with zero attached hydrogens (tertiary/aromatic N) is 4. The van der Waals surface area contributed by atoms with Crippen molar-refractivity contribution in [2.24, 2.45) is 5.73 Å². The molecular formula is C17H17FN6O2. The van der Waals surface area contributed by atoms with Crippen LogP contribution in [-0.4, -0.2) is 31.4 Å². The molecule has 26 heavy (non-hydrogen) atoms. The van der Waals surface area contributed by atoms with Crippen LogP contribution >= 0.6 is 0 Å². The smallest absolute Gasteiger partial charge is 0.259 e. The highest BCUT2D eigenvalue weighted by atomic mass is 19.1. The Morgan fingerprint density at radius 2 is 1.92 bits per heavy atom. The lowest BCUT2D eigenvalue weighted by Crippen LogP contribution is -2.18. The number of amides is 2. The molecule has 9 heteroatoms. The number of hydrogen-bond acceptors (Lipinski definition) is 4. The third-order valence-electron chi connectivity index (χ3n) is 3.80. The molecule has 0 aliphatic heterocycles. The molecule has 0 radical (unpaired) electrons. The molecule has 0 fully saturated rings. The normalized spacial score (nSPS) is 10.7. The minimum atomic E-state index is -0.529. The zero-order chi connectivity index (χ0) is 18.8. The molecule has 8 nitrogen and oxygen atoms in total. The van der Waals surface area contributed by atoms with Crippen molar-refractivity contribution >= 4 is 17.5 Å². The van der Waals surface area contributed by atoms with Crippen molar-refractivity contribution in [1.82, 2.24) is 19.6 Å². The molecule has 0 atom stereocenters. The van der Waals surface area contributed by atoms with Gasteiger partial charge in [0.2, 0.25) is 5.91 Å². The number of aryl methyl sites for hydroxylation is 1. The monoisotopic (exact) mass is 356 g/mol. The second-order valence-corrected chi connectivity index (χ2v) is 5.78. The Hall–Kier alpha value is -3.49. The van der Waals surface area contributed by atoms with Crippen molar-refractivity contribution in [3.05, 3.63) is 59.4 Å². The molecule has 3 N–H and O–H groups in total. The lowest BCUT2D eigenvalue weighted by molar-refractivity contribution is -0.118. The van der Waals surface area contributed by atoms with Gasteiger partial charge in [-0.25, -0.2) is 9.07 Å². The van der Waals surface area contributed by atoms with Crippen molar-refractivity contribution < 1.29 is 14.0 Å². The Bertz CT molecular complexity index is 974. The maximum Gasteiger partial charge on any atom is 0.259 e. The third-order valence-corrected chi connectivity index (χ3v) is 3.80. The zero-order valence-electron chi connectivity index (χ0n) is 14.2. The summed E-state index contributed by atoms with van der Waals surface area (Å²) in [6.45, 7) is 3.41. The van der Waals surface area contributed by atoms with Crippen LogP contribution in [0, 0.1) is 19.7 Å². The fourth-order valence-electron chi connectivity index (χ4n) is 2.67. The van der Waals surface area contributed by atoms with Gasteiger partial charge in [0.05, 0.1) is 34.5 Å². The van der Waals surface area contributed by atoms with Gasteiger partial charge < -0.3 is 11.1 Å². The topological polar surface area (TPSA) is 108 Å². The summed E-state index contributed by atoms with van der Waals surface area (Å²) in [6, 6.07) is 5.84. The zero-order valence-corrected chi connectivity index (χ0v) is 14.2. The number of nitrogens with one attached hydrogen (secondary N) is 1. The Kier molecular flexibility index (Phi) is 4.53. The van der Waals surface area contributed by atoms with Crippen LogP contribution in [0.5, 0.6) is 0 Å². The molecule has 0 unspecified atom stereocenters. The average molecular weight is 356 g/mol. The Morgan fingerprint density at radius 1 is 1.23 bits per heavy atom. The van der Waals surface area contributed by atoms with E-state index in [1.807, 2.05) is 0 Å². The molecule has 0 aliphatic carbocycles. The Balaban J connectivity index is 1.84. The fourth-order valence-corrected chi connectivity index (χ4v) is 2.67. The molecule has 2 heterocycles. The highest BCUT2D eigenvalue weighted by Crippen LogP contribution is 2.19. The predicted molar refractivity (Wildman–Crippen MR) is 92.4 cm³/mol. The van der Waals surface area contributed by atoms with Gasteiger partial charge >= 0.3 is 0 Å². The van der Waals surface area contributed by atoms with Crippen molar-refractivity contribution in [2.45, 2.75) is 20.4 Å². The molecule has 1 aromatic carbocycles. The summed E-state index contributed by atoms with van der Waals surface area (Å²) in [6.07, 6.45) is 2.94. The Morgan fingerprint density at radius 3 is 2.58 bits per heavy atom. The van der Waals surface area contributed by atoms with E-state index in [-0.39, 0.29) is 18.3 Å². The predicted octanol–water partition coefficient (Wildman–Crippen LogP) is 1.56. The number of carbonyl (C=O) groups is 2. The van der Waals surface area contributed by atoms with Gasteiger partial charge in [-0.1, -0.05) is 0 Å². The number of hydrogen-bond donors (Lipinski definition) is 2. The summed E-state index contributed by atoms with van der Waals surface area (Å²) in [4.78, 5) is 23.5. The number of aromatic nitrogens is 4. The van der Waals surface area contributed by atoms with Gasteiger partial charge in [-0.2, -0.15) is 10.2 Å². The van der Waals surface area contributed by atoms with Crippen LogP contribution in [0.2, 0.25) is 0 Å². The second-order valence-electron chi connectivity index (χ2n) is 5.78. The summed E-state index contributed by atoms with van der Waals surface area (Å²) >= 11 is 0. The fraction of sp³-hybridized carbons (Fsp3) is 0.176. The van der Waals surface area contributed by atoms with Crippen LogP contribution in [0.25, 0.3) is 5.69 Å². The number of halogens is 1. The van der Waals surface area contributed by atoms with Crippen LogP contribution < -0.4 is 11.1 Å². The third kappa shape index (κ3) is 3.46. The van der Waals surface area contributed by atoms with Crippen molar-refractivity contribution in [3.63, 3.8) is 0 Å². The molecule has 0 aliphatic rings. The number of carbonyl (C=O) groups excluding carboxylic acids is 2. The summed E-state index contributed by atoms with van der Waals surface area (Å²) in [5.74, 6) is -1.23.